The van der Waals surface area contributed by atoms with Crippen molar-refractivity contribution >= 4 is 17.4 Å². The minimum Gasteiger partial charge on any atom is -0.383 e. The minimum absolute atomic E-state index is 0.585. The van der Waals surface area contributed by atoms with Crippen LogP contribution in [0.15, 0.2) is 30.5 Å². The first kappa shape index (κ1) is 13.7. The summed E-state index contributed by atoms with van der Waals surface area (Å²) in [4.78, 5) is 0. The molecule has 0 fully saturated rings. The molecular weight excluding hydrogens is 286 g/mol. The highest BCUT2D eigenvalue weighted by Gasteiger charge is 2.21. The number of hydrogen-bond acceptors (Lipinski definition) is 3. The van der Waals surface area contributed by atoms with Crippen molar-refractivity contribution in [3.63, 3.8) is 0 Å². The summed E-state index contributed by atoms with van der Waals surface area (Å²) in [6, 6.07) is 7.63. The number of aryl methyl sites for hydroxylation is 3. The molecule has 2 N–H and O–H groups in total. The van der Waals surface area contributed by atoms with Crippen LogP contribution in [-0.2, 0) is 14.1 Å². The van der Waals surface area contributed by atoms with E-state index in [1.165, 1.54) is 0 Å². The Kier molecular flexibility index (Phi) is 3.22. The number of anilines is 1. The lowest BCUT2D eigenvalue weighted by Crippen LogP contribution is -1.98. The highest BCUT2D eigenvalue weighted by Crippen LogP contribution is 2.39. The third kappa shape index (κ3) is 2.19. The van der Waals surface area contributed by atoms with Crippen molar-refractivity contribution in [3.8, 4) is 22.4 Å². The summed E-state index contributed by atoms with van der Waals surface area (Å²) in [6.45, 7) is 1.95. The molecule has 21 heavy (non-hydrogen) atoms. The first-order valence-corrected chi connectivity index (χ1v) is 6.95. The largest absolute Gasteiger partial charge is 0.383 e. The predicted octanol–water partition coefficient (Wildman–Crippen LogP) is 3.03. The molecule has 0 atom stereocenters. The molecule has 0 radical (unpaired) electrons. The van der Waals surface area contributed by atoms with E-state index in [0.717, 1.165) is 28.1 Å². The van der Waals surface area contributed by atoms with E-state index in [2.05, 4.69) is 10.2 Å². The van der Waals surface area contributed by atoms with Crippen molar-refractivity contribution in [2.24, 2.45) is 14.1 Å². The zero-order valence-corrected chi connectivity index (χ0v) is 12.9. The number of nitrogen functional groups attached to an aromatic ring is 1. The first-order valence-electron chi connectivity index (χ1n) is 6.57. The van der Waals surface area contributed by atoms with Gasteiger partial charge < -0.3 is 5.73 Å². The Labute approximate surface area is 127 Å². The van der Waals surface area contributed by atoms with Gasteiger partial charge in [-0.05, 0) is 13.0 Å². The number of nitrogens with two attached hydrogens (primary N) is 1. The second kappa shape index (κ2) is 4.93. The number of benzene rings is 1. The van der Waals surface area contributed by atoms with Crippen LogP contribution in [0.3, 0.4) is 0 Å². The summed E-state index contributed by atoms with van der Waals surface area (Å²) in [5.41, 5.74) is 10.6. The molecule has 0 aliphatic carbocycles. The highest BCUT2D eigenvalue weighted by molar-refractivity contribution is 6.33. The van der Waals surface area contributed by atoms with Crippen LogP contribution in [0.25, 0.3) is 22.4 Å². The molecule has 3 aromatic rings. The molecule has 3 rings (SSSR count). The van der Waals surface area contributed by atoms with Crippen LogP contribution in [0.5, 0.6) is 0 Å². The molecule has 5 nitrogen and oxygen atoms in total. The Morgan fingerprint density at radius 2 is 1.81 bits per heavy atom. The fraction of sp³-hybridized carbons (Fsp3) is 0.200. The predicted molar refractivity (Wildman–Crippen MR) is 85.0 cm³/mol. The molecule has 2 aromatic heterocycles. The highest BCUT2D eigenvalue weighted by atomic mass is 35.5. The Morgan fingerprint density at radius 1 is 1.10 bits per heavy atom. The topological polar surface area (TPSA) is 61.7 Å². The number of aromatic nitrogens is 4. The maximum absolute atomic E-state index is 6.33. The lowest BCUT2D eigenvalue weighted by Gasteiger charge is -2.05. The van der Waals surface area contributed by atoms with Crippen molar-refractivity contribution in [3.05, 3.63) is 41.2 Å². The van der Waals surface area contributed by atoms with Gasteiger partial charge in [0.2, 0.25) is 0 Å². The molecule has 0 spiro atoms. The lowest BCUT2D eigenvalue weighted by atomic mass is 10.0. The molecule has 108 valence electrons. The van der Waals surface area contributed by atoms with E-state index in [1.54, 1.807) is 9.36 Å². The van der Waals surface area contributed by atoms with Gasteiger partial charge in [0.25, 0.3) is 0 Å². The van der Waals surface area contributed by atoms with E-state index >= 15 is 0 Å². The quantitative estimate of drug-likeness (QED) is 0.791. The van der Waals surface area contributed by atoms with Crippen LogP contribution in [-0.4, -0.2) is 19.6 Å². The van der Waals surface area contributed by atoms with E-state index in [9.17, 15) is 0 Å². The zero-order chi connectivity index (χ0) is 15.1. The average molecular weight is 302 g/mol. The van der Waals surface area contributed by atoms with Gasteiger partial charge in [-0.15, -0.1) is 0 Å². The number of halogens is 1. The summed E-state index contributed by atoms with van der Waals surface area (Å²) in [6.07, 6.45) is 1.94. The molecule has 0 amide bonds. The van der Waals surface area contributed by atoms with Crippen molar-refractivity contribution in [1.29, 1.82) is 0 Å². The molecular formula is C15H16ClN5. The lowest BCUT2D eigenvalue weighted by molar-refractivity contribution is 0.756. The van der Waals surface area contributed by atoms with E-state index < -0.39 is 0 Å². The maximum atomic E-state index is 6.33. The van der Waals surface area contributed by atoms with Crippen molar-refractivity contribution in [1.82, 2.24) is 19.6 Å². The van der Waals surface area contributed by atoms with Crippen LogP contribution >= 0.6 is 11.6 Å². The van der Waals surface area contributed by atoms with Crippen LogP contribution in [0.2, 0.25) is 5.02 Å². The Bertz CT molecular complexity index is 816. The van der Waals surface area contributed by atoms with Crippen molar-refractivity contribution in [2.75, 3.05) is 5.73 Å². The Hall–Kier alpha value is -2.27. The van der Waals surface area contributed by atoms with Gasteiger partial charge in [-0.3, -0.25) is 9.36 Å². The van der Waals surface area contributed by atoms with E-state index in [-0.39, 0.29) is 0 Å². The SMILES string of the molecule is Cc1nn(C)cc1-c1nn(C)c(N)c1-c1ccccc1Cl. The molecule has 0 aliphatic heterocycles. The second-order valence-corrected chi connectivity index (χ2v) is 5.42. The number of nitrogens with zero attached hydrogens (tertiary/aromatic N) is 4. The molecule has 0 aliphatic rings. The standard InChI is InChI=1S/C15H16ClN5/c1-9-11(8-20(2)18-9)14-13(15(17)21(3)19-14)10-6-4-5-7-12(10)16/h4-8H,17H2,1-3H3. The van der Waals surface area contributed by atoms with Gasteiger partial charge in [-0.2, -0.15) is 10.2 Å². The summed E-state index contributed by atoms with van der Waals surface area (Å²) >= 11 is 6.33. The third-order valence-corrected chi connectivity index (χ3v) is 3.83. The maximum Gasteiger partial charge on any atom is 0.129 e. The normalized spacial score (nSPS) is 11.0. The molecule has 1 aromatic carbocycles. The molecule has 6 heteroatoms. The van der Waals surface area contributed by atoms with Gasteiger partial charge in [0.15, 0.2) is 0 Å². The minimum atomic E-state index is 0.585. The monoisotopic (exact) mass is 301 g/mol. The zero-order valence-electron chi connectivity index (χ0n) is 12.1. The van der Waals surface area contributed by atoms with Gasteiger partial charge in [0.1, 0.15) is 11.5 Å². The third-order valence-electron chi connectivity index (χ3n) is 3.50. The Balaban J connectivity index is 2.31. The Morgan fingerprint density at radius 3 is 2.43 bits per heavy atom. The van der Waals surface area contributed by atoms with Crippen LogP contribution in [0, 0.1) is 6.92 Å². The van der Waals surface area contributed by atoms with Crippen LogP contribution in [0.4, 0.5) is 5.82 Å². The molecule has 2 heterocycles. The van der Waals surface area contributed by atoms with E-state index in [0.29, 0.717) is 10.8 Å². The van der Waals surface area contributed by atoms with E-state index in [1.807, 2.05) is 51.5 Å². The van der Waals surface area contributed by atoms with Crippen molar-refractivity contribution in [2.45, 2.75) is 6.92 Å². The van der Waals surface area contributed by atoms with Gasteiger partial charge in [-0.1, -0.05) is 29.8 Å². The molecule has 0 unspecified atom stereocenters. The summed E-state index contributed by atoms with van der Waals surface area (Å²) in [7, 11) is 3.71. The average Bonchev–Trinajstić information content (AvgIpc) is 2.91. The molecule has 0 saturated heterocycles. The second-order valence-electron chi connectivity index (χ2n) is 5.01. The number of hydrogen-bond donors (Lipinski definition) is 1. The summed E-state index contributed by atoms with van der Waals surface area (Å²) in [5.74, 6) is 0.585. The summed E-state index contributed by atoms with van der Waals surface area (Å²) < 4.78 is 3.44. The van der Waals surface area contributed by atoms with Crippen LogP contribution in [0.1, 0.15) is 5.69 Å². The molecule has 0 bridgehead atoms. The van der Waals surface area contributed by atoms with Gasteiger partial charge in [-0.25, -0.2) is 0 Å². The fourth-order valence-electron chi connectivity index (χ4n) is 2.49. The van der Waals surface area contributed by atoms with Crippen molar-refractivity contribution < 1.29 is 0 Å². The number of rotatable bonds is 2. The van der Waals surface area contributed by atoms with Gasteiger partial charge in [0, 0.05) is 36.4 Å². The summed E-state index contributed by atoms with van der Waals surface area (Å²) in [5, 5.41) is 9.58. The van der Waals surface area contributed by atoms with Crippen LogP contribution < -0.4 is 5.73 Å². The smallest absolute Gasteiger partial charge is 0.129 e. The fourth-order valence-corrected chi connectivity index (χ4v) is 2.72. The molecule has 0 saturated carbocycles. The first-order chi connectivity index (χ1) is 9.99. The van der Waals surface area contributed by atoms with E-state index in [4.69, 9.17) is 17.3 Å². The van der Waals surface area contributed by atoms with Gasteiger partial charge in [0.05, 0.1) is 11.3 Å². The van der Waals surface area contributed by atoms with Gasteiger partial charge >= 0.3 is 0 Å².